The maximum atomic E-state index is 9.15. The van der Waals surface area contributed by atoms with Crippen molar-refractivity contribution < 1.29 is 14.6 Å². The van der Waals surface area contributed by atoms with E-state index in [-0.39, 0.29) is 18.9 Å². The summed E-state index contributed by atoms with van der Waals surface area (Å²) >= 11 is 0. The molecule has 4 heteroatoms. The molecule has 0 fully saturated rings. The van der Waals surface area contributed by atoms with Gasteiger partial charge in [0.15, 0.2) is 0 Å². The monoisotopic (exact) mass is 83.0 g/mol. The second kappa shape index (κ2) is 4.87. The van der Waals surface area contributed by atoms with Crippen molar-refractivity contribution in [1.82, 2.24) is 0 Å². The summed E-state index contributed by atoms with van der Waals surface area (Å²) in [4.78, 5) is 9.15. The number of hydrogen-bond donors (Lipinski definition) is 1. The summed E-state index contributed by atoms with van der Waals surface area (Å²) in [6, 6.07) is 0. The normalized spacial score (nSPS) is 5.50. The number of carbonyl (C=O) groups is 1. The molecule has 6 heavy (non-hydrogen) atoms. The fourth-order valence-corrected chi connectivity index (χ4v) is 0. The molecule has 31 valence electrons. The zero-order valence-corrected chi connectivity index (χ0v) is 3.76. The van der Waals surface area contributed by atoms with Gasteiger partial charge < -0.3 is 9.84 Å². The number of hydrogen-bond acceptors (Lipinski definition) is 2. The third-order valence-electron chi connectivity index (χ3n) is 0.175. The molecule has 0 spiro atoms. The minimum atomic E-state index is -1.25. The van der Waals surface area contributed by atoms with Gasteiger partial charge in [0.2, 0.25) is 0 Å². The van der Waals surface area contributed by atoms with Gasteiger partial charge in [-0.3, -0.25) is 0 Å². The quantitative estimate of drug-likeness (QED) is 0.329. The average molecular weight is 83.0 g/mol. The molecule has 0 aliphatic heterocycles. The van der Waals surface area contributed by atoms with E-state index < -0.39 is 6.16 Å². The smallest absolute Gasteiger partial charge is 0.450 e. The van der Waals surface area contributed by atoms with E-state index >= 15 is 0 Å². The van der Waals surface area contributed by atoms with Crippen LogP contribution < -0.4 is 0 Å². The Morgan fingerprint density at radius 1 is 1.83 bits per heavy atom. The minimum absolute atomic E-state index is 0. The van der Waals surface area contributed by atoms with Crippen LogP contribution in [0.4, 0.5) is 4.79 Å². The molecular weight excluding hydrogens is 79.0 g/mol. The first-order chi connectivity index (χ1) is 2.27. The predicted octanol–water partition coefficient (Wildman–Crippen LogP) is -0.0700. The maximum absolute atomic E-state index is 9.15. The van der Waals surface area contributed by atoms with Crippen LogP contribution in [0.15, 0.2) is 0 Å². The Hall–Kier alpha value is -0.133. The summed E-state index contributed by atoms with van der Waals surface area (Å²) in [6.45, 7) is 0. The predicted molar refractivity (Wildman–Crippen MR) is 20.8 cm³/mol. The average Bonchev–Trinajstić information content (AvgIpc) is 1.38. The Labute approximate surface area is 47.5 Å². The number of ether oxygens (including phenoxy) is 1. The minimum Gasteiger partial charge on any atom is -0.450 e. The zero-order chi connectivity index (χ0) is 4.28. The van der Waals surface area contributed by atoms with Crippen LogP contribution in [0.25, 0.3) is 0 Å². The maximum Gasteiger partial charge on any atom is 0.505 e. The van der Waals surface area contributed by atoms with Gasteiger partial charge >= 0.3 is 6.16 Å². The summed E-state index contributed by atoms with van der Waals surface area (Å²) in [5, 5.41) is 7.50. The van der Waals surface area contributed by atoms with Crippen molar-refractivity contribution >= 4 is 25.0 Å². The Morgan fingerprint density at radius 2 is 2.00 bits per heavy atom. The molecule has 0 saturated heterocycles. The molecule has 0 aliphatic rings. The molecule has 0 heterocycles. The van der Waals surface area contributed by atoms with Gasteiger partial charge in [0.05, 0.1) is 7.11 Å². The van der Waals surface area contributed by atoms with E-state index in [1.54, 1.807) is 0 Å². The summed E-state index contributed by atoms with van der Waals surface area (Å²) in [6.07, 6.45) is -1.25. The molecule has 0 unspecified atom stereocenters. The summed E-state index contributed by atoms with van der Waals surface area (Å²) in [5.74, 6) is 0. The van der Waals surface area contributed by atoms with E-state index in [1.165, 1.54) is 0 Å². The van der Waals surface area contributed by atoms with Crippen LogP contribution >= 0.6 is 0 Å². The van der Waals surface area contributed by atoms with Crippen molar-refractivity contribution in [3.63, 3.8) is 0 Å². The fourth-order valence-electron chi connectivity index (χ4n) is 0. The summed E-state index contributed by atoms with van der Waals surface area (Å²) < 4.78 is 3.67. The SMILES string of the molecule is COC(=O)O.[Li]. The molecule has 1 N–H and O–H groups in total. The molecule has 0 aromatic heterocycles. The molecule has 3 nitrogen and oxygen atoms in total. The second-order valence-electron chi connectivity index (χ2n) is 0.470. The van der Waals surface area contributed by atoms with Gasteiger partial charge in [-0.1, -0.05) is 0 Å². The summed E-state index contributed by atoms with van der Waals surface area (Å²) in [5.41, 5.74) is 0. The van der Waals surface area contributed by atoms with Crippen LogP contribution in [0.5, 0.6) is 0 Å². The first kappa shape index (κ1) is 9.29. The fraction of sp³-hybridized carbons (Fsp3) is 0.500. The van der Waals surface area contributed by atoms with Gasteiger partial charge in [0.25, 0.3) is 0 Å². The van der Waals surface area contributed by atoms with Crippen molar-refractivity contribution in [3.05, 3.63) is 0 Å². The molecular formula is C2H4LiO3. The van der Waals surface area contributed by atoms with Crippen molar-refractivity contribution in [2.24, 2.45) is 0 Å². The van der Waals surface area contributed by atoms with Crippen LogP contribution in [-0.4, -0.2) is 37.2 Å². The third-order valence-corrected chi connectivity index (χ3v) is 0.175. The molecule has 0 aliphatic carbocycles. The largest absolute Gasteiger partial charge is 0.505 e. The van der Waals surface area contributed by atoms with Gasteiger partial charge in [-0.15, -0.1) is 0 Å². The zero-order valence-electron chi connectivity index (χ0n) is 3.76. The number of rotatable bonds is 0. The van der Waals surface area contributed by atoms with E-state index in [9.17, 15) is 0 Å². The van der Waals surface area contributed by atoms with E-state index in [4.69, 9.17) is 9.90 Å². The number of methoxy groups -OCH3 is 1. The molecule has 0 amide bonds. The van der Waals surface area contributed by atoms with Crippen LogP contribution in [0, 0.1) is 0 Å². The molecule has 0 aromatic carbocycles. The van der Waals surface area contributed by atoms with Crippen LogP contribution in [0.1, 0.15) is 0 Å². The molecule has 0 saturated carbocycles. The number of carboxylic acid groups (broad SMARTS) is 1. The first-order valence-corrected chi connectivity index (χ1v) is 1.04. The van der Waals surface area contributed by atoms with Crippen LogP contribution in [0.3, 0.4) is 0 Å². The van der Waals surface area contributed by atoms with E-state index in [2.05, 4.69) is 4.74 Å². The van der Waals surface area contributed by atoms with Gasteiger partial charge in [0.1, 0.15) is 0 Å². The Morgan fingerprint density at radius 3 is 2.00 bits per heavy atom. The van der Waals surface area contributed by atoms with Gasteiger partial charge in [-0.2, -0.15) is 0 Å². The molecule has 0 rings (SSSR count). The van der Waals surface area contributed by atoms with E-state index in [0.717, 1.165) is 7.11 Å². The molecule has 0 aromatic rings. The third kappa shape index (κ3) is 9.12. The van der Waals surface area contributed by atoms with Crippen molar-refractivity contribution in [1.29, 1.82) is 0 Å². The van der Waals surface area contributed by atoms with Gasteiger partial charge in [0, 0.05) is 18.9 Å². The van der Waals surface area contributed by atoms with Crippen LogP contribution in [0.2, 0.25) is 0 Å². The van der Waals surface area contributed by atoms with Crippen LogP contribution in [-0.2, 0) is 4.74 Å². The van der Waals surface area contributed by atoms with Crippen molar-refractivity contribution in [2.45, 2.75) is 0 Å². The Balaban J connectivity index is 0. The Bertz CT molecular complexity index is 44.1. The van der Waals surface area contributed by atoms with Crippen molar-refractivity contribution in [2.75, 3.05) is 7.11 Å². The second-order valence-corrected chi connectivity index (χ2v) is 0.470. The van der Waals surface area contributed by atoms with Gasteiger partial charge in [-0.25, -0.2) is 4.79 Å². The topological polar surface area (TPSA) is 46.5 Å². The molecule has 0 atom stereocenters. The first-order valence-electron chi connectivity index (χ1n) is 1.04. The molecule has 0 bridgehead atoms. The van der Waals surface area contributed by atoms with Gasteiger partial charge in [-0.05, 0) is 0 Å². The summed E-state index contributed by atoms with van der Waals surface area (Å²) in [7, 11) is 1.10. The van der Waals surface area contributed by atoms with E-state index in [0.29, 0.717) is 0 Å². The molecule has 1 radical (unpaired) electrons. The Kier molecular flexibility index (Phi) is 7.54. The van der Waals surface area contributed by atoms with E-state index in [1.807, 2.05) is 0 Å². The van der Waals surface area contributed by atoms with Crippen molar-refractivity contribution in [3.8, 4) is 0 Å². The standard InChI is InChI=1S/C2H4O3.Li/c1-5-2(3)4;/h1H3,(H,3,4);.